The van der Waals surface area contributed by atoms with E-state index in [1.807, 2.05) is 31.2 Å². The Labute approximate surface area is 121 Å². The second-order valence-corrected chi connectivity index (χ2v) is 4.37. The molecular formula is C14H23ClN2O2. The monoisotopic (exact) mass is 286 g/mol. The number of hydrogen-bond acceptors (Lipinski definition) is 3. The van der Waals surface area contributed by atoms with Gasteiger partial charge >= 0.3 is 0 Å². The third kappa shape index (κ3) is 7.03. The van der Waals surface area contributed by atoms with Crippen LogP contribution in [0.15, 0.2) is 24.3 Å². The van der Waals surface area contributed by atoms with Crippen LogP contribution in [0.2, 0.25) is 0 Å². The molecule has 0 aliphatic carbocycles. The maximum Gasteiger partial charge on any atom is 0.222 e. The molecule has 108 valence electrons. The Morgan fingerprint density at radius 2 is 2.16 bits per heavy atom. The number of carbonyl (C=O) groups excluding carboxylic acids is 1. The van der Waals surface area contributed by atoms with Gasteiger partial charge in [0.15, 0.2) is 0 Å². The van der Waals surface area contributed by atoms with Crippen LogP contribution in [0, 0.1) is 6.92 Å². The Morgan fingerprint density at radius 1 is 1.42 bits per heavy atom. The molecule has 0 saturated heterocycles. The number of rotatable bonds is 7. The zero-order chi connectivity index (χ0) is 13.4. The zero-order valence-corrected chi connectivity index (χ0v) is 12.4. The second-order valence-electron chi connectivity index (χ2n) is 4.37. The minimum Gasteiger partial charge on any atom is -0.492 e. The molecule has 4 nitrogen and oxygen atoms in total. The number of nitrogens with two attached hydrogens (primary N) is 1. The zero-order valence-electron chi connectivity index (χ0n) is 11.6. The first-order chi connectivity index (χ1) is 8.63. The fourth-order valence-electron chi connectivity index (χ4n) is 1.57. The van der Waals surface area contributed by atoms with Crippen LogP contribution in [0.25, 0.3) is 0 Å². The minimum atomic E-state index is 0. The van der Waals surface area contributed by atoms with Crippen molar-refractivity contribution in [2.24, 2.45) is 5.73 Å². The summed E-state index contributed by atoms with van der Waals surface area (Å²) in [5.74, 6) is 0.964. The number of amides is 1. The van der Waals surface area contributed by atoms with Crippen LogP contribution in [0.4, 0.5) is 0 Å². The first-order valence-electron chi connectivity index (χ1n) is 6.27. The Morgan fingerprint density at radius 3 is 2.79 bits per heavy atom. The van der Waals surface area contributed by atoms with Gasteiger partial charge in [0, 0.05) is 13.5 Å². The van der Waals surface area contributed by atoms with E-state index >= 15 is 0 Å². The van der Waals surface area contributed by atoms with Crippen LogP contribution >= 0.6 is 12.4 Å². The normalized spacial score (nSPS) is 9.63. The molecule has 0 aromatic heterocycles. The molecule has 0 heterocycles. The number of halogens is 1. The quantitative estimate of drug-likeness (QED) is 0.834. The molecule has 0 unspecified atom stereocenters. The number of aryl methyl sites for hydroxylation is 1. The Kier molecular flexibility index (Phi) is 9.00. The molecule has 0 spiro atoms. The molecule has 0 saturated carbocycles. The number of ether oxygens (including phenoxy) is 1. The van der Waals surface area contributed by atoms with Crippen molar-refractivity contribution in [1.29, 1.82) is 0 Å². The summed E-state index contributed by atoms with van der Waals surface area (Å²) in [6.45, 7) is 3.68. The van der Waals surface area contributed by atoms with Crippen molar-refractivity contribution in [2.45, 2.75) is 19.8 Å². The molecule has 5 heteroatoms. The molecule has 0 atom stereocenters. The maximum atomic E-state index is 11.6. The Bertz CT molecular complexity index is 385. The van der Waals surface area contributed by atoms with Gasteiger partial charge in [-0.25, -0.2) is 0 Å². The lowest BCUT2D eigenvalue weighted by molar-refractivity contribution is -0.130. The van der Waals surface area contributed by atoms with E-state index in [0.29, 0.717) is 26.1 Å². The summed E-state index contributed by atoms with van der Waals surface area (Å²) in [4.78, 5) is 13.3. The topological polar surface area (TPSA) is 55.6 Å². The van der Waals surface area contributed by atoms with Crippen molar-refractivity contribution in [3.05, 3.63) is 29.8 Å². The molecule has 0 radical (unpaired) electrons. The Balaban J connectivity index is 0.00000324. The van der Waals surface area contributed by atoms with Crippen molar-refractivity contribution in [3.63, 3.8) is 0 Å². The second kappa shape index (κ2) is 9.64. The summed E-state index contributed by atoms with van der Waals surface area (Å²) >= 11 is 0. The molecular weight excluding hydrogens is 264 g/mol. The summed E-state index contributed by atoms with van der Waals surface area (Å²) in [5.41, 5.74) is 6.54. The molecule has 19 heavy (non-hydrogen) atoms. The van der Waals surface area contributed by atoms with Crippen LogP contribution in [-0.2, 0) is 4.79 Å². The predicted octanol–water partition coefficient (Wildman–Crippen LogP) is 1.99. The summed E-state index contributed by atoms with van der Waals surface area (Å²) in [5, 5.41) is 0. The summed E-state index contributed by atoms with van der Waals surface area (Å²) in [7, 11) is 1.79. The third-order valence-electron chi connectivity index (χ3n) is 2.71. The summed E-state index contributed by atoms with van der Waals surface area (Å²) in [6.07, 6.45) is 1.25. The highest BCUT2D eigenvalue weighted by molar-refractivity contribution is 5.85. The van der Waals surface area contributed by atoms with Gasteiger partial charge in [-0.3, -0.25) is 4.79 Å². The molecule has 0 fully saturated rings. The lowest BCUT2D eigenvalue weighted by atomic mass is 10.2. The minimum absolute atomic E-state index is 0. The van der Waals surface area contributed by atoms with Crippen LogP contribution in [0.5, 0.6) is 5.75 Å². The highest BCUT2D eigenvalue weighted by atomic mass is 35.5. The van der Waals surface area contributed by atoms with E-state index in [4.69, 9.17) is 10.5 Å². The SMILES string of the molecule is Cc1cccc(OCCN(C)C(=O)CCCN)c1.Cl. The highest BCUT2D eigenvalue weighted by Gasteiger charge is 2.07. The van der Waals surface area contributed by atoms with E-state index in [0.717, 1.165) is 12.2 Å². The van der Waals surface area contributed by atoms with Crippen molar-refractivity contribution < 1.29 is 9.53 Å². The highest BCUT2D eigenvalue weighted by Crippen LogP contribution is 2.12. The van der Waals surface area contributed by atoms with E-state index in [9.17, 15) is 4.79 Å². The third-order valence-corrected chi connectivity index (χ3v) is 2.71. The van der Waals surface area contributed by atoms with Crippen LogP contribution in [-0.4, -0.2) is 37.6 Å². The van der Waals surface area contributed by atoms with Gasteiger partial charge in [-0.1, -0.05) is 12.1 Å². The van der Waals surface area contributed by atoms with Gasteiger partial charge in [-0.05, 0) is 37.6 Å². The number of benzene rings is 1. The molecule has 1 rings (SSSR count). The van der Waals surface area contributed by atoms with E-state index < -0.39 is 0 Å². The van der Waals surface area contributed by atoms with E-state index in [2.05, 4.69) is 0 Å². The standard InChI is InChI=1S/C14H22N2O2.ClH/c1-12-5-3-6-13(11-12)18-10-9-16(2)14(17)7-4-8-15;/h3,5-6,11H,4,7-10,15H2,1-2H3;1H. The van der Waals surface area contributed by atoms with E-state index in [-0.39, 0.29) is 18.3 Å². The lowest BCUT2D eigenvalue weighted by Gasteiger charge is -2.17. The van der Waals surface area contributed by atoms with Crippen molar-refractivity contribution in [3.8, 4) is 5.75 Å². The molecule has 2 N–H and O–H groups in total. The number of likely N-dealkylation sites (N-methyl/N-ethyl adjacent to an activating group) is 1. The predicted molar refractivity (Wildman–Crippen MR) is 79.8 cm³/mol. The van der Waals surface area contributed by atoms with Gasteiger partial charge in [0.2, 0.25) is 5.91 Å². The van der Waals surface area contributed by atoms with Gasteiger partial charge in [-0.15, -0.1) is 12.4 Å². The average Bonchev–Trinajstić information content (AvgIpc) is 2.35. The van der Waals surface area contributed by atoms with Crippen molar-refractivity contribution in [2.75, 3.05) is 26.7 Å². The fraction of sp³-hybridized carbons (Fsp3) is 0.500. The number of hydrogen-bond donors (Lipinski definition) is 1. The molecule has 1 aromatic carbocycles. The van der Waals surface area contributed by atoms with Gasteiger partial charge < -0.3 is 15.4 Å². The molecule has 0 aliphatic heterocycles. The van der Waals surface area contributed by atoms with Crippen LogP contribution in [0.1, 0.15) is 18.4 Å². The lowest BCUT2D eigenvalue weighted by Crippen LogP contribution is -2.31. The largest absolute Gasteiger partial charge is 0.492 e. The number of carbonyl (C=O) groups is 1. The van der Waals surface area contributed by atoms with Gasteiger partial charge in [-0.2, -0.15) is 0 Å². The fourth-order valence-corrected chi connectivity index (χ4v) is 1.57. The molecule has 1 amide bonds. The summed E-state index contributed by atoms with van der Waals surface area (Å²) < 4.78 is 5.59. The van der Waals surface area contributed by atoms with Crippen molar-refractivity contribution in [1.82, 2.24) is 4.90 Å². The molecule has 1 aromatic rings. The van der Waals surface area contributed by atoms with Crippen molar-refractivity contribution >= 4 is 18.3 Å². The van der Waals surface area contributed by atoms with E-state index in [1.54, 1.807) is 11.9 Å². The van der Waals surface area contributed by atoms with E-state index in [1.165, 1.54) is 5.56 Å². The molecule has 0 bridgehead atoms. The van der Waals surface area contributed by atoms with Crippen LogP contribution < -0.4 is 10.5 Å². The smallest absolute Gasteiger partial charge is 0.222 e. The maximum absolute atomic E-state index is 11.6. The average molecular weight is 287 g/mol. The van der Waals surface area contributed by atoms with Gasteiger partial charge in [0.25, 0.3) is 0 Å². The van der Waals surface area contributed by atoms with Gasteiger partial charge in [0.1, 0.15) is 12.4 Å². The Hall–Kier alpha value is -1.26. The van der Waals surface area contributed by atoms with Crippen LogP contribution in [0.3, 0.4) is 0 Å². The first kappa shape index (κ1) is 17.7. The molecule has 0 aliphatic rings. The number of nitrogens with zero attached hydrogens (tertiary/aromatic N) is 1. The van der Waals surface area contributed by atoms with Gasteiger partial charge in [0.05, 0.1) is 6.54 Å². The first-order valence-corrected chi connectivity index (χ1v) is 6.27. The summed E-state index contributed by atoms with van der Waals surface area (Å²) in [6, 6.07) is 7.88.